The van der Waals surface area contributed by atoms with Crippen molar-refractivity contribution in [3.63, 3.8) is 0 Å². The van der Waals surface area contributed by atoms with Gasteiger partial charge >= 0.3 is 0 Å². The first-order valence-electron chi connectivity index (χ1n) is 15.6. The fraction of sp³-hybridized carbons (Fsp3) is 0.300. The van der Waals surface area contributed by atoms with Crippen molar-refractivity contribution in [3.05, 3.63) is 122 Å². The Morgan fingerprint density at radius 2 is 0.958 bits per heavy atom. The van der Waals surface area contributed by atoms with Crippen LogP contribution in [-0.4, -0.2) is 76.3 Å². The van der Waals surface area contributed by atoms with Crippen LogP contribution in [0.4, 0.5) is 22.9 Å². The van der Waals surface area contributed by atoms with E-state index in [-0.39, 0.29) is 0 Å². The molecule has 0 N–H and O–H groups in total. The number of pyridine rings is 4. The van der Waals surface area contributed by atoms with Crippen molar-refractivity contribution in [1.29, 1.82) is 0 Å². The maximum absolute atomic E-state index is 4.26. The molecule has 0 saturated heterocycles. The van der Waals surface area contributed by atoms with E-state index in [1.165, 1.54) is 0 Å². The van der Waals surface area contributed by atoms with Crippen LogP contribution >= 0.6 is 0 Å². The van der Waals surface area contributed by atoms with Gasteiger partial charge in [0.1, 0.15) is 5.82 Å². The summed E-state index contributed by atoms with van der Waals surface area (Å²) in [5.74, 6) is 0.977. The molecule has 0 unspecified atom stereocenters. The molecule has 0 amide bonds. The van der Waals surface area contributed by atoms with Gasteiger partial charge in [-0.2, -0.15) is 0 Å². The number of nitrogens with zero attached hydrogens (tertiary/aromatic N) is 8. The first kappa shape index (κ1) is 40.8. The van der Waals surface area contributed by atoms with Crippen molar-refractivity contribution >= 4 is 45.2 Å². The Bertz CT molecular complexity index is 1400. The summed E-state index contributed by atoms with van der Waals surface area (Å²) < 4.78 is 0. The SMILES string of the molecule is C=C(C)c1cccnc1N(C)C.C=C(C)c1ccncc1N(C)C.C=C(C)c1cnccc1N(C)C.C=C(C)c1ncccc1N(C)C. The van der Waals surface area contributed by atoms with Crippen molar-refractivity contribution in [3.8, 4) is 0 Å². The van der Waals surface area contributed by atoms with Gasteiger partial charge in [-0.1, -0.05) is 26.3 Å². The minimum atomic E-state index is 0.975. The zero-order chi connectivity index (χ0) is 36.6. The van der Waals surface area contributed by atoms with Crippen LogP contribution in [0, 0.1) is 0 Å². The van der Waals surface area contributed by atoms with E-state index in [1.807, 2.05) is 148 Å². The number of hydrogen-bond acceptors (Lipinski definition) is 8. The van der Waals surface area contributed by atoms with Crippen LogP contribution in [0.1, 0.15) is 50.1 Å². The first-order valence-corrected chi connectivity index (χ1v) is 15.6. The molecule has 4 aromatic rings. The van der Waals surface area contributed by atoms with Gasteiger partial charge in [-0.25, -0.2) is 4.98 Å². The third-order valence-corrected chi connectivity index (χ3v) is 6.82. The van der Waals surface area contributed by atoms with Gasteiger partial charge in [0.15, 0.2) is 0 Å². The molecule has 0 atom stereocenters. The average molecular weight is 649 g/mol. The molecule has 0 aliphatic carbocycles. The lowest BCUT2D eigenvalue weighted by molar-refractivity contribution is 1.06. The molecule has 256 valence electrons. The van der Waals surface area contributed by atoms with Crippen LogP contribution in [0.3, 0.4) is 0 Å². The first-order chi connectivity index (χ1) is 22.5. The summed E-state index contributed by atoms with van der Waals surface area (Å²) in [6, 6.07) is 11.9. The van der Waals surface area contributed by atoms with Crippen LogP contribution < -0.4 is 19.6 Å². The van der Waals surface area contributed by atoms with E-state index in [0.717, 1.165) is 67.6 Å². The van der Waals surface area contributed by atoms with Gasteiger partial charge in [0, 0.05) is 110 Å². The van der Waals surface area contributed by atoms with E-state index >= 15 is 0 Å². The van der Waals surface area contributed by atoms with Crippen LogP contribution in [-0.2, 0) is 0 Å². The van der Waals surface area contributed by atoms with Crippen LogP contribution in [0.25, 0.3) is 22.3 Å². The number of hydrogen-bond donors (Lipinski definition) is 0. The van der Waals surface area contributed by atoms with Crippen molar-refractivity contribution in [2.24, 2.45) is 0 Å². The lowest BCUT2D eigenvalue weighted by atomic mass is 10.1. The van der Waals surface area contributed by atoms with Crippen molar-refractivity contribution in [2.75, 3.05) is 76.0 Å². The Morgan fingerprint density at radius 3 is 1.38 bits per heavy atom. The fourth-order valence-electron chi connectivity index (χ4n) is 4.38. The van der Waals surface area contributed by atoms with Crippen molar-refractivity contribution < 1.29 is 0 Å². The number of aromatic nitrogens is 4. The predicted octanol–water partition coefficient (Wildman–Crippen LogP) is 8.72. The molecule has 0 aromatic carbocycles. The molecule has 0 saturated carbocycles. The molecule has 8 nitrogen and oxygen atoms in total. The van der Waals surface area contributed by atoms with Gasteiger partial charge in [0.25, 0.3) is 0 Å². The minimum absolute atomic E-state index is 0.975. The molecule has 4 aromatic heterocycles. The Morgan fingerprint density at radius 1 is 0.458 bits per heavy atom. The monoisotopic (exact) mass is 648 g/mol. The van der Waals surface area contributed by atoms with E-state index in [2.05, 4.69) is 51.2 Å². The molecule has 0 aliphatic rings. The summed E-state index contributed by atoms with van der Waals surface area (Å²) in [7, 11) is 16.0. The summed E-state index contributed by atoms with van der Waals surface area (Å²) in [5.41, 5.74) is 11.9. The van der Waals surface area contributed by atoms with Gasteiger partial charge in [-0.15, -0.1) is 0 Å². The van der Waals surface area contributed by atoms with Crippen LogP contribution in [0.2, 0.25) is 0 Å². The third kappa shape index (κ3) is 12.9. The number of allylic oxidation sites excluding steroid dienone is 4. The largest absolute Gasteiger partial charge is 0.377 e. The number of rotatable bonds is 8. The highest BCUT2D eigenvalue weighted by Gasteiger charge is 2.06. The summed E-state index contributed by atoms with van der Waals surface area (Å²) in [6.45, 7) is 23.5. The van der Waals surface area contributed by atoms with E-state index in [9.17, 15) is 0 Å². The Balaban J connectivity index is 0.000000320. The molecule has 4 heterocycles. The van der Waals surface area contributed by atoms with E-state index < -0.39 is 0 Å². The van der Waals surface area contributed by atoms with Gasteiger partial charge in [-0.3, -0.25) is 15.0 Å². The molecule has 8 heteroatoms. The van der Waals surface area contributed by atoms with Crippen molar-refractivity contribution in [2.45, 2.75) is 27.7 Å². The van der Waals surface area contributed by atoms with E-state index in [1.54, 1.807) is 24.8 Å². The smallest absolute Gasteiger partial charge is 0.135 e. The van der Waals surface area contributed by atoms with Gasteiger partial charge in [-0.05, 0) is 86.4 Å². The zero-order valence-electron chi connectivity index (χ0n) is 31.3. The quantitative estimate of drug-likeness (QED) is 0.188. The molecule has 48 heavy (non-hydrogen) atoms. The van der Waals surface area contributed by atoms with Gasteiger partial charge in [0.2, 0.25) is 0 Å². The standard InChI is InChI=1S/4C10H14N2/c1-8(2)9-7-11-6-5-10(9)12(3)4;1-8(2)9-5-6-11-7-10(9)12(3)4;1-8(2)10-9(12(3)4)6-5-7-11-10;1-8(2)9-6-5-7-11-10(9)12(3)4/h4*5-7H,1H2,2-4H3. The average Bonchev–Trinajstić information content (AvgIpc) is 3.05. The second kappa shape index (κ2) is 20.1. The van der Waals surface area contributed by atoms with E-state index in [4.69, 9.17) is 0 Å². The molecule has 0 radical (unpaired) electrons. The van der Waals surface area contributed by atoms with Crippen LogP contribution in [0.5, 0.6) is 0 Å². The molecule has 0 spiro atoms. The summed E-state index contributed by atoms with van der Waals surface area (Å²) in [4.78, 5) is 24.8. The Kier molecular flexibility index (Phi) is 17.1. The van der Waals surface area contributed by atoms with Gasteiger partial charge < -0.3 is 19.6 Å². The maximum Gasteiger partial charge on any atom is 0.135 e. The maximum atomic E-state index is 4.26. The van der Waals surface area contributed by atoms with Crippen molar-refractivity contribution in [1.82, 2.24) is 19.9 Å². The predicted molar refractivity (Wildman–Crippen MR) is 213 cm³/mol. The second-order valence-electron chi connectivity index (χ2n) is 12.2. The summed E-state index contributed by atoms with van der Waals surface area (Å²) >= 11 is 0. The zero-order valence-corrected chi connectivity index (χ0v) is 31.3. The minimum Gasteiger partial charge on any atom is -0.377 e. The van der Waals surface area contributed by atoms with E-state index in [0.29, 0.717) is 0 Å². The highest BCUT2D eigenvalue weighted by molar-refractivity contribution is 5.74. The highest BCUT2D eigenvalue weighted by atomic mass is 15.1. The Labute approximate surface area is 290 Å². The molecular formula is C40H56N8. The third-order valence-electron chi connectivity index (χ3n) is 6.82. The normalized spacial score (nSPS) is 9.58. The summed E-state index contributed by atoms with van der Waals surface area (Å²) in [5, 5.41) is 0. The lowest BCUT2D eigenvalue weighted by Crippen LogP contribution is -2.12. The topological polar surface area (TPSA) is 64.5 Å². The number of anilines is 4. The van der Waals surface area contributed by atoms with Gasteiger partial charge in [0.05, 0.1) is 23.3 Å². The van der Waals surface area contributed by atoms with Crippen LogP contribution in [0.15, 0.2) is 99.9 Å². The highest BCUT2D eigenvalue weighted by Crippen LogP contribution is 2.24. The lowest BCUT2D eigenvalue weighted by Gasteiger charge is -2.16. The Hall–Kier alpha value is -5.24. The fourth-order valence-corrected chi connectivity index (χ4v) is 4.38. The molecule has 0 fully saturated rings. The molecule has 0 aliphatic heterocycles. The second-order valence-corrected chi connectivity index (χ2v) is 12.2. The molecule has 4 rings (SSSR count). The summed E-state index contributed by atoms with van der Waals surface area (Å²) in [6.07, 6.45) is 10.9. The molecule has 0 bridgehead atoms. The molecular weight excluding hydrogens is 592 g/mol.